The van der Waals surface area contributed by atoms with Crippen molar-refractivity contribution in [3.63, 3.8) is 0 Å². The van der Waals surface area contributed by atoms with Gasteiger partial charge < -0.3 is 20.1 Å². The van der Waals surface area contributed by atoms with E-state index in [-0.39, 0.29) is 6.03 Å². The van der Waals surface area contributed by atoms with Crippen LogP contribution in [0, 0.1) is 13.8 Å². The van der Waals surface area contributed by atoms with Gasteiger partial charge in [-0.3, -0.25) is 0 Å². The maximum absolute atomic E-state index is 12.0. The van der Waals surface area contributed by atoms with E-state index in [2.05, 4.69) is 10.6 Å². The van der Waals surface area contributed by atoms with Gasteiger partial charge in [-0.05, 0) is 55.2 Å². The first-order chi connectivity index (χ1) is 11.5. The van der Waals surface area contributed by atoms with Crippen LogP contribution in [0.5, 0.6) is 11.5 Å². The van der Waals surface area contributed by atoms with Gasteiger partial charge in [0.25, 0.3) is 0 Å². The Hall–Kier alpha value is -2.69. The Labute approximate surface area is 143 Å². The fraction of sp³-hybridized carbons (Fsp3) is 0.316. The van der Waals surface area contributed by atoms with Crippen LogP contribution >= 0.6 is 0 Å². The number of anilines is 1. The van der Waals surface area contributed by atoms with Crippen molar-refractivity contribution in [3.8, 4) is 11.5 Å². The van der Waals surface area contributed by atoms with Gasteiger partial charge >= 0.3 is 6.03 Å². The summed E-state index contributed by atoms with van der Waals surface area (Å²) in [7, 11) is 3.22. The Morgan fingerprint density at radius 3 is 2.46 bits per heavy atom. The fourth-order valence-corrected chi connectivity index (χ4v) is 2.39. The zero-order chi connectivity index (χ0) is 17.5. The molecule has 0 unspecified atom stereocenters. The minimum atomic E-state index is -0.204. The van der Waals surface area contributed by atoms with E-state index >= 15 is 0 Å². The lowest BCUT2D eigenvalue weighted by Crippen LogP contribution is -2.30. The molecule has 2 rings (SSSR count). The molecule has 2 aromatic rings. The number of ether oxygens (including phenoxy) is 2. The van der Waals surface area contributed by atoms with E-state index in [1.807, 2.05) is 50.2 Å². The standard InChI is InChI=1S/C19H24N2O3/c1-13-5-6-14(2)16(11-13)21-19(22)20-10-9-15-7-8-17(23-3)18(12-15)24-4/h5-8,11-12H,9-10H2,1-4H3,(H2,20,21,22). The highest BCUT2D eigenvalue weighted by Crippen LogP contribution is 2.27. The number of methoxy groups -OCH3 is 2. The van der Waals surface area contributed by atoms with Crippen molar-refractivity contribution >= 4 is 11.7 Å². The Kier molecular flexibility index (Phi) is 6.07. The molecule has 128 valence electrons. The summed E-state index contributed by atoms with van der Waals surface area (Å²) in [6.07, 6.45) is 0.709. The zero-order valence-corrected chi connectivity index (χ0v) is 14.6. The van der Waals surface area contributed by atoms with E-state index in [1.54, 1.807) is 14.2 Å². The van der Waals surface area contributed by atoms with Crippen LogP contribution in [0.4, 0.5) is 10.5 Å². The monoisotopic (exact) mass is 328 g/mol. The van der Waals surface area contributed by atoms with Gasteiger partial charge in [-0.2, -0.15) is 0 Å². The second-order valence-electron chi connectivity index (χ2n) is 5.64. The number of rotatable bonds is 6. The van der Waals surface area contributed by atoms with E-state index < -0.39 is 0 Å². The Morgan fingerprint density at radius 1 is 1.00 bits per heavy atom. The van der Waals surface area contributed by atoms with Gasteiger partial charge in [-0.25, -0.2) is 4.79 Å². The average molecular weight is 328 g/mol. The molecule has 0 atom stereocenters. The summed E-state index contributed by atoms with van der Waals surface area (Å²) in [6, 6.07) is 11.5. The van der Waals surface area contributed by atoms with Crippen molar-refractivity contribution in [2.45, 2.75) is 20.3 Å². The molecule has 0 spiro atoms. The van der Waals surface area contributed by atoms with Crippen molar-refractivity contribution < 1.29 is 14.3 Å². The van der Waals surface area contributed by atoms with Crippen molar-refractivity contribution in [1.82, 2.24) is 5.32 Å². The number of carbonyl (C=O) groups excluding carboxylic acids is 1. The molecule has 0 saturated heterocycles. The van der Waals surface area contributed by atoms with Crippen molar-refractivity contribution in [3.05, 3.63) is 53.1 Å². The van der Waals surface area contributed by atoms with Crippen LogP contribution in [0.1, 0.15) is 16.7 Å². The van der Waals surface area contributed by atoms with Crippen LogP contribution in [0.15, 0.2) is 36.4 Å². The molecule has 24 heavy (non-hydrogen) atoms. The molecule has 2 amide bonds. The van der Waals surface area contributed by atoms with Crippen molar-refractivity contribution in [2.24, 2.45) is 0 Å². The zero-order valence-electron chi connectivity index (χ0n) is 14.6. The normalized spacial score (nSPS) is 10.2. The topological polar surface area (TPSA) is 59.6 Å². The predicted molar refractivity (Wildman–Crippen MR) is 96.2 cm³/mol. The Morgan fingerprint density at radius 2 is 1.75 bits per heavy atom. The highest BCUT2D eigenvalue weighted by Gasteiger charge is 2.06. The van der Waals surface area contributed by atoms with Gasteiger partial charge in [0.05, 0.1) is 14.2 Å². The second kappa shape index (κ2) is 8.24. The molecule has 0 bridgehead atoms. The third kappa shape index (κ3) is 4.65. The Balaban J connectivity index is 1.87. The summed E-state index contributed by atoms with van der Waals surface area (Å²) < 4.78 is 10.5. The van der Waals surface area contributed by atoms with E-state index in [1.165, 1.54) is 0 Å². The molecule has 0 aromatic heterocycles. The summed E-state index contributed by atoms with van der Waals surface area (Å²) >= 11 is 0. The molecule has 0 fully saturated rings. The number of nitrogens with one attached hydrogen (secondary N) is 2. The SMILES string of the molecule is COc1ccc(CCNC(=O)Nc2cc(C)ccc2C)cc1OC. The summed E-state index contributed by atoms with van der Waals surface area (Å²) in [5.41, 5.74) is 4.05. The molecule has 0 aliphatic rings. The number of carbonyl (C=O) groups is 1. The molecular weight excluding hydrogens is 304 g/mol. The number of amides is 2. The molecule has 5 nitrogen and oxygen atoms in total. The first-order valence-electron chi connectivity index (χ1n) is 7.86. The van der Waals surface area contributed by atoms with Crippen LogP contribution in [0.2, 0.25) is 0 Å². The van der Waals surface area contributed by atoms with Gasteiger partial charge in [-0.15, -0.1) is 0 Å². The molecule has 2 N–H and O–H groups in total. The van der Waals surface area contributed by atoms with E-state index in [4.69, 9.17) is 9.47 Å². The smallest absolute Gasteiger partial charge is 0.319 e. The van der Waals surface area contributed by atoms with E-state index in [0.717, 1.165) is 22.4 Å². The molecule has 0 aliphatic heterocycles. The van der Waals surface area contributed by atoms with Crippen LogP contribution in [0.25, 0.3) is 0 Å². The maximum atomic E-state index is 12.0. The highest BCUT2D eigenvalue weighted by atomic mass is 16.5. The molecule has 2 aromatic carbocycles. The molecular formula is C19H24N2O3. The van der Waals surface area contributed by atoms with Crippen LogP contribution in [-0.4, -0.2) is 26.8 Å². The minimum absolute atomic E-state index is 0.204. The third-order valence-corrected chi connectivity index (χ3v) is 3.79. The van der Waals surface area contributed by atoms with E-state index in [9.17, 15) is 4.79 Å². The first kappa shape index (κ1) is 17.7. The number of urea groups is 1. The predicted octanol–water partition coefficient (Wildman–Crippen LogP) is 3.68. The summed E-state index contributed by atoms with van der Waals surface area (Å²) in [6.45, 7) is 4.50. The van der Waals surface area contributed by atoms with Gasteiger partial charge in [-0.1, -0.05) is 18.2 Å². The van der Waals surface area contributed by atoms with Crippen LogP contribution in [-0.2, 0) is 6.42 Å². The average Bonchev–Trinajstić information content (AvgIpc) is 2.58. The van der Waals surface area contributed by atoms with Gasteiger partial charge in [0.15, 0.2) is 11.5 Å². The van der Waals surface area contributed by atoms with E-state index in [0.29, 0.717) is 24.5 Å². The quantitative estimate of drug-likeness (QED) is 0.850. The third-order valence-electron chi connectivity index (χ3n) is 3.79. The summed E-state index contributed by atoms with van der Waals surface area (Å²) in [5.74, 6) is 1.39. The number of benzene rings is 2. The highest BCUT2D eigenvalue weighted by molar-refractivity contribution is 5.90. The lowest BCUT2D eigenvalue weighted by Gasteiger charge is -2.12. The number of hydrogen-bond donors (Lipinski definition) is 2. The van der Waals surface area contributed by atoms with Crippen LogP contribution in [0.3, 0.4) is 0 Å². The largest absolute Gasteiger partial charge is 0.493 e. The summed E-state index contributed by atoms with van der Waals surface area (Å²) in [5, 5.41) is 5.75. The molecule has 0 aliphatic carbocycles. The van der Waals surface area contributed by atoms with Crippen LogP contribution < -0.4 is 20.1 Å². The first-order valence-corrected chi connectivity index (χ1v) is 7.86. The number of aryl methyl sites for hydroxylation is 2. The summed E-state index contributed by atoms with van der Waals surface area (Å²) in [4.78, 5) is 12.0. The molecule has 0 radical (unpaired) electrons. The fourth-order valence-electron chi connectivity index (χ4n) is 2.39. The maximum Gasteiger partial charge on any atom is 0.319 e. The molecule has 5 heteroatoms. The molecule has 0 heterocycles. The van der Waals surface area contributed by atoms with Gasteiger partial charge in [0.1, 0.15) is 0 Å². The Bertz CT molecular complexity index is 714. The van der Waals surface area contributed by atoms with Gasteiger partial charge in [0, 0.05) is 12.2 Å². The lowest BCUT2D eigenvalue weighted by molar-refractivity contribution is 0.252. The minimum Gasteiger partial charge on any atom is -0.493 e. The van der Waals surface area contributed by atoms with Crippen molar-refractivity contribution in [1.29, 1.82) is 0 Å². The van der Waals surface area contributed by atoms with Gasteiger partial charge in [0.2, 0.25) is 0 Å². The lowest BCUT2D eigenvalue weighted by atomic mass is 10.1. The molecule has 0 saturated carbocycles. The van der Waals surface area contributed by atoms with Crippen molar-refractivity contribution in [2.75, 3.05) is 26.1 Å². The number of hydrogen-bond acceptors (Lipinski definition) is 3. The second-order valence-corrected chi connectivity index (χ2v) is 5.64.